The Bertz CT molecular complexity index is 1500. The van der Waals surface area contributed by atoms with E-state index >= 15 is 0 Å². The van der Waals surface area contributed by atoms with E-state index < -0.39 is 23.7 Å². The minimum atomic E-state index is -1.41. The molecule has 2 N–H and O–H groups in total. The molecule has 3 heterocycles. The Balaban J connectivity index is 1.40. The fraction of sp³-hybridized carbons (Fsp3) is 0.355. The van der Waals surface area contributed by atoms with Gasteiger partial charge in [0.2, 0.25) is 5.91 Å². The fourth-order valence-electron chi connectivity index (χ4n) is 6.04. The van der Waals surface area contributed by atoms with Crippen LogP contribution < -0.4 is 15.5 Å². The van der Waals surface area contributed by atoms with E-state index in [0.29, 0.717) is 56.0 Å². The Hall–Kier alpha value is -4.33. The summed E-state index contributed by atoms with van der Waals surface area (Å²) in [5.74, 6) is -0.579. The number of hydrogen-bond acceptors (Lipinski definition) is 7. The fourth-order valence-corrected chi connectivity index (χ4v) is 6.04. The summed E-state index contributed by atoms with van der Waals surface area (Å²) in [5.41, 5.74) is 1.05. The van der Waals surface area contributed by atoms with Crippen LogP contribution in [0.4, 0.5) is 15.9 Å². The topological polar surface area (TPSA) is 117 Å². The number of nitriles is 1. The highest BCUT2D eigenvalue weighted by molar-refractivity contribution is 5.95. The lowest BCUT2D eigenvalue weighted by molar-refractivity contribution is -0.134. The number of hydrogen-bond donors (Lipinski definition) is 2. The lowest BCUT2D eigenvalue weighted by Crippen LogP contribution is -2.59. The van der Waals surface area contributed by atoms with Gasteiger partial charge in [0.15, 0.2) is 5.54 Å². The molecular weight excluding hydrogens is 525 g/mol. The van der Waals surface area contributed by atoms with Crippen molar-refractivity contribution < 1.29 is 23.5 Å². The molecule has 2 unspecified atom stereocenters. The summed E-state index contributed by atoms with van der Waals surface area (Å²) < 4.78 is 26.6. The molecule has 2 aromatic carbocycles. The molecule has 41 heavy (non-hydrogen) atoms. The van der Waals surface area contributed by atoms with Crippen LogP contribution >= 0.6 is 0 Å². The van der Waals surface area contributed by atoms with Gasteiger partial charge in [-0.25, -0.2) is 9.37 Å². The summed E-state index contributed by atoms with van der Waals surface area (Å²) >= 11 is 0. The molecule has 0 saturated carbocycles. The first kappa shape index (κ1) is 26.9. The predicted octanol–water partition coefficient (Wildman–Crippen LogP) is 3.79. The second-order valence-corrected chi connectivity index (χ2v) is 10.6. The molecule has 0 spiro atoms. The normalized spacial score (nSPS) is 24.1. The van der Waals surface area contributed by atoms with Gasteiger partial charge in [0, 0.05) is 50.4 Å². The molecule has 0 bridgehead atoms. The van der Waals surface area contributed by atoms with Gasteiger partial charge in [-0.05, 0) is 54.3 Å². The van der Waals surface area contributed by atoms with Crippen molar-refractivity contribution in [1.29, 1.82) is 5.26 Å². The van der Waals surface area contributed by atoms with E-state index in [2.05, 4.69) is 21.7 Å². The van der Waals surface area contributed by atoms with Gasteiger partial charge in [-0.15, -0.1) is 0 Å². The molecule has 0 radical (unpaired) electrons. The van der Waals surface area contributed by atoms with Gasteiger partial charge in [0.05, 0.1) is 11.6 Å². The first-order valence-corrected chi connectivity index (χ1v) is 13.8. The van der Waals surface area contributed by atoms with E-state index in [1.807, 2.05) is 24.3 Å². The number of benzene rings is 2. The largest absolute Gasteiger partial charge is 0.381 e. The Kier molecular flexibility index (Phi) is 7.39. The van der Waals surface area contributed by atoms with E-state index in [4.69, 9.17) is 9.47 Å². The second kappa shape index (κ2) is 11.3. The van der Waals surface area contributed by atoms with Crippen LogP contribution in [-0.4, -0.2) is 48.4 Å². The van der Waals surface area contributed by atoms with Crippen molar-refractivity contribution in [1.82, 2.24) is 10.3 Å². The highest BCUT2D eigenvalue weighted by atomic mass is 19.1. The number of fused-ring (bicyclic) bond motifs is 1. The summed E-state index contributed by atoms with van der Waals surface area (Å²) in [7, 11) is 0. The first-order valence-electron chi connectivity index (χ1n) is 13.8. The van der Waals surface area contributed by atoms with Gasteiger partial charge in [-0.1, -0.05) is 30.3 Å². The number of nitrogens with one attached hydrogen (secondary N) is 2. The second-order valence-electron chi connectivity index (χ2n) is 10.6. The van der Waals surface area contributed by atoms with Crippen LogP contribution in [0.25, 0.3) is 0 Å². The zero-order valence-corrected chi connectivity index (χ0v) is 22.4. The molecule has 2 amide bonds. The molecule has 2 saturated heterocycles. The highest BCUT2D eigenvalue weighted by Gasteiger charge is 2.55. The number of nitrogens with zero attached hydrogens (tertiary/aromatic N) is 3. The standard InChI is InChI=1S/C31H30FN5O4/c32-22-5-3-6-24(18-22)36-31(30(39)35-23-11-14-40-15-12-23)25-7-2-1-4-21(25)17-26(31)41-29-9-8-28(38)37(29)27-16-20(19-33)10-13-34-27/h1-7,10,13,16,18,23,26,29,36H,8-9,11-12,14-15,17H2,(H,35,39)/t26?,29-,31?/m1/s1. The van der Waals surface area contributed by atoms with Crippen LogP contribution in [0.2, 0.25) is 0 Å². The Morgan fingerprint density at radius 3 is 2.76 bits per heavy atom. The molecule has 3 aromatic rings. The molecule has 1 aliphatic carbocycles. The molecule has 9 nitrogen and oxygen atoms in total. The summed E-state index contributed by atoms with van der Waals surface area (Å²) in [6, 6.07) is 18.8. The van der Waals surface area contributed by atoms with Crippen LogP contribution in [0.3, 0.4) is 0 Å². The van der Waals surface area contributed by atoms with Gasteiger partial charge >= 0.3 is 0 Å². The Morgan fingerprint density at radius 1 is 1.12 bits per heavy atom. The minimum absolute atomic E-state index is 0.0849. The first-order chi connectivity index (χ1) is 20.0. The molecule has 1 aromatic heterocycles. The summed E-state index contributed by atoms with van der Waals surface area (Å²) in [5, 5.41) is 16.0. The van der Waals surface area contributed by atoms with Crippen LogP contribution in [0.15, 0.2) is 66.9 Å². The zero-order valence-electron chi connectivity index (χ0n) is 22.4. The van der Waals surface area contributed by atoms with Crippen LogP contribution in [-0.2, 0) is 31.0 Å². The molecule has 210 valence electrons. The smallest absolute Gasteiger partial charge is 0.253 e. The number of carbonyl (C=O) groups excluding carboxylic acids is 2. The third kappa shape index (κ3) is 5.14. The summed E-state index contributed by atoms with van der Waals surface area (Å²) in [6.45, 7) is 1.11. The molecule has 3 aliphatic rings. The van der Waals surface area contributed by atoms with Gasteiger partial charge in [0.25, 0.3) is 5.91 Å². The number of rotatable bonds is 7. The molecule has 2 aliphatic heterocycles. The van der Waals surface area contributed by atoms with E-state index in [9.17, 15) is 19.2 Å². The lowest BCUT2D eigenvalue weighted by atomic mass is 9.87. The van der Waals surface area contributed by atoms with Crippen molar-refractivity contribution in [2.24, 2.45) is 0 Å². The molecule has 10 heteroatoms. The molecular formula is C31H30FN5O4. The van der Waals surface area contributed by atoms with Crippen molar-refractivity contribution in [3.63, 3.8) is 0 Å². The van der Waals surface area contributed by atoms with Gasteiger partial charge in [-0.2, -0.15) is 5.26 Å². The highest BCUT2D eigenvalue weighted by Crippen LogP contribution is 2.44. The van der Waals surface area contributed by atoms with E-state index in [0.717, 1.165) is 11.1 Å². The third-order valence-corrected chi connectivity index (χ3v) is 8.02. The van der Waals surface area contributed by atoms with Crippen molar-refractivity contribution in [3.05, 3.63) is 89.4 Å². The number of amides is 2. The van der Waals surface area contributed by atoms with Crippen LogP contribution in [0, 0.1) is 17.1 Å². The number of ether oxygens (including phenoxy) is 2. The van der Waals surface area contributed by atoms with E-state index in [1.54, 1.807) is 24.3 Å². The van der Waals surface area contributed by atoms with Crippen LogP contribution in [0.5, 0.6) is 0 Å². The van der Waals surface area contributed by atoms with E-state index in [-0.39, 0.29) is 24.3 Å². The Labute approximate surface area is 237 Å². The zero-order chi connectivity index (χ0) is 28.4. The van der Waals surface area contributed by atoms with Crippen molar-refractivity contribution in [2.45, 2.75) is 56.0 Å². The van der Waals surface area contributed by atoms with Gasteiger partial charge in [-0.3, -0.25) is 14.5 Å². The Morgan fingerprint density at radius 2 is 1.95 bits per heavy atom. The monoisotopic (exact) mass is 555 g/mol. The SMILES string of the molecule is N#Cc1ccnc(N2C(=O)CC[C@H]2OC2Cc3ccccc3C2(Nc2cccc(F)c2)C(=O)NC2CCOCC2)c1. The van der Waals surface area contributed by atoms with Gasteiger partial charge < -0.3 is 20.1 Å². The predicted molar refractivity (Wildman–Crippen MR) is 148 cm³/mol. The van der Waals surface area contributed by atoms with Gasteiger partial charge in [0.1, 0.15) is 24.0 Å². The number of anilines is 2. The summed E-state index contributed by atoms with van der Waals surface area (Å²) in [6.07, 6.45) is 2.40. The number of pyridine rings is 1. The summed E-state index contributed by atoms with van der Waals surface area (Å²) in [4.78, 5) is 33.3. The molecule has 3 atom stereocenters. The average molecular weight is 556 g/mol. The van der Waals surface area contributed by atoms with Crippen molar-refractivity contribution in [2.75, 3.05) is 23.4 Å². The maximum atomic E-state index is 14.5. The maximum Gasteiger partial charge on any atom is 0.253 e. The quantitative estimate of drug-likeness (QED) is 0.456. The number of aromatic nitrogens is 1. The number of carbonyl (C=O) groups is 2. The average Bonchev–Trinajstić information content (AvgIpc) is 3.51. The van der Waals surface area contributed by atoms with E-state index in [1.165, 1.54) is 23.2 Å². The van der Waals surface area contributed by atoms with Crippen molar-refractivity contribution >= 4 is 23.3 Å². The van der Waals surface area contributed by atoms with Crippen LogP contribution in [0.1, 0.15) is 42.4 Å². The molecule has 2 fully saturated rings. The minimum Gasteiger partial charge on any atom is -0.381 e. The lowest BCUT2D eigenvalue weighted by Gasteiger charge is -2.40. The number of halogens is 1. The molecule has 6 rings (SSSR count). The van der Waals surface area contributed by atoms with Crippen molar-refractivity contribution in [3.8, 4) is 6.07 Å². The maximum absolute atomic E-state index is 14.5. The third-order valence-electron chi connectivity index (χ3n) is 8.02.